The van der Waals surface area contributed by atoms with Gasteiger partial charge in [-0.15, -0.1) is 10.2 Å². The lowest BCUT2D eigenvalue weighted by atomic mass is 10.0. The van der Waals surface area contributed by atoms with Crippen LogP contribution < -0.4 is 4.74 Å². The number of rotatable bonds is 4. The summed E-state index contributed by atoms with van der Waals surface area (Å²) in [5, 5.41) is 27.2. The topological polar surface area (TPSA) is 75.5 Å². The van der Waals surface area contributed by atoms with Gasteiger partial charge in [0.15, 0.2) is 0 Å². The Balaban J connectivity index is 2.29. The molecule has 0 unspecified atom stereocenters. The van der Waals surface area contributed by atoms with Crippen LogP contribution in [0.2, 0.25) is 0 Å². The van der Waals surface area contributed by atoms with Crippen LogP contribution in [0.25, 0.3) is 11.3 Å². The Morgan fingerprint density at radius 3 is 2.25 bits per heavy atom. The molecular formula is C16H17F3N2O3. The monoisotopic (exact) mass is 342 g/mol. The molecule has 1 aromatic carbocycles. The van der Waals surface area contributed by atoms with Crippen molar-refractivity contribution in [3.05, 3.63) is 35.4 Å². The molecule has 0 aliphatic heterocycles. The Kier molecular flexibility index (Phi) is 4.70. The molecule has 0 fully saturated rings. The summed E-state index contributed by atoms with van der Waals surface area (Å²) in [5.74, 6) is -0.369. The summed E-state index contributed by atoms with van der Waals surface area (Å²) < 4.78 is 43.5. The number of halogens is 3. The standard InChI is InChI=1S/C16H17F3N2O3/c1-9-6-10(16(17,18)19)7-12(22)14(9)11-4-5-13(21-20-11)24-8-15(2,3)23/h4-7,22-23H,8H2,1-3H3. The van der Waals surface area contributed by atoms with Crippen LogP contribution >= 0.6 is 0 Å². The highest BCUT2D eigenvalue weighted by molar-refractivity contribution is 5.71. The van der Waals surface area contributed by atoms with Gasteiger partial charge in [-0.1, -0.05) is 0 Å². The molecule has 24 heavy (non-hydrogen) atoms. The number of phenols is 1. The van der Waals surface area contributed by atoms with Crippen LogP contribution in [-0.4, -0.2) is 32.6 Å². The van der Waals surface area contributed by atoms with Gasteiger partial charge in [0.1, 0.15) is 12.4 Å². The predicted molar refractivity (Wildman–Crippen MR) is 80.7 cm³/mol. The zero-order chi connectivity index (χ0) is 18.1. The van der Waals surface area contributed by atoms with Crippen LogP contribution in [0.3, 0.4) is 0 Å². The Hall–Kier alpha value is -2.35. The van der Waals surface area contributed by atoms with E-state index in [-0.39, 0.29) is 29.3 Å². The van der Waals surface area contributed by atoms with Crippen molar-refractivity contribution in [3.63, 3.8) is 0 Å². The van der Waals surface area contributed by atoms with E-state index in [1.165, 1.54) is 19.1 Å². The van der Waals surface area contributed by atoms with Gasteiger partial charge in [0.05, 0.1) is 16.9 Å². The van der Waals surface area contributed by atoms with Crippen molar-refractivity contribution in [1.82, 2.24) is 10.2 Å². The second-order valence-corrected chi connectivity index (χ2v) is 6.04. The Morgan fingerprint density at radius 1 is 1.12 bits per heavy atom. The van der Waals surface area contributed by atoms with E-state index >= 15 is 0 Å². The molecule has 5 nitrogen and oxygen atoms in total. The summed E-state index contributed by atoms with van der Waals surface area (Å²) in [6.07, 6.45) is -4.54. The van der Waals surface area contributed by atoms with Gasteiger partial charge >= 0.3 is 6.18 Å². The number of alkyl halides is 3. The van der Waals surface area contributed by atoms with Gasteiger partial charge < -0.3 is 14.9 Å². The number of phenolic OH excluding ortho intramolecular Hbond substituents is 1. The average molecular weight is 342 g/mol. The maximum Gasteiger partial charge on any atom is 0.416 e. The van der Waals surface area contributed by atoms with E-state index in [0.29, 0.717) is 6.07 Å². The van der Waals surface area contributed by atoms with Gasteiger partial charge in [0.25, 0.3) is 0 Å². The molecule has 0 bridgehead atoms. The Bertz CT molecular complexity index is 700. The minimum absolute atomic E-state index is 0.00554. The molecular weight excluding hydrogens is 325 g/mol. The molecule has 0 aliphatic rings. The molecule has 0 spiro atoms. The third-order valence-electron chi connectivity index (χ3n) is 3.11. The van der Waals surface area contributed by atoms with Crippen molar-refractivity contribution in [2.45, 2.75) is 32.5 Å². The number of hydrogen-bond acceptors (Lipinski definition) is 5. The van der Waals surface area contributed by atoms with E-state index < -0.39 is 23.1 Å². The largest absolute Gasteiger partial charge is 0.507 e. The fourth-order valence-electron chi connectivity index (χ4n) is 2.05. The first kappa shape index (κ1) is 18.0. The second kappa shape index (κ2) is 6.27. The number of hydrogen-bond donors (Lipinski definition) is 2. The van der Waals surface area contributed by atoms with Crippen molar-refractivity contribution in [2.75, 3.05) is 6.61 Å². The highest BCUT2D eigenvalue weighted by Crippen LogP contribution is 2.38. The lowest BCUT2D eigenvalue weighted by Crippen LogP contribution is -2.28. The van der Waals surface area contributed by atoms with Crippen molar-refractivity contribution >= 4 is 0 Å². The van der Waals surface area contributed by atoms with Gasteiger partial charge in [-0.25, -0.2) is 0 Å². The smallest absolute Gasteiger partial charge is 0.416 e. The van der Waals surface area contributed by atoms with Crippen LogP contribution in [0.5, 0.6) is 11.6 Å². The number of aromatic hydroxyl groups is 1. The zero-order valence-corrected chi connectivity index (χ0v) is 13.3. The molecule has 1 heterocycles. The highest BCUT2D eigenvalue weighted by atomic mass is 19.4. The first-order valence-electron chi connectivity index (χ1n) is 7.07. The highest BCUT2D eigenvalue weighted by Gasteiger charge is 2.32. The summed E-state index contributed by atoms with van der Waals surface area (Å²) in [4.78, 5) is 0. The van der Waals surface area contributed by atoms with E-state index in [9.17, 15) is 23.4 Å². The molecule has 130 valence electrons. The van der Waals surface area contributed by atoms with Crippen molar-refractivity contribution in [2.24, 2.45) is 0 Å². The molecule has 0 saturated carbocycles. The summed E-state index contributed by atoms with van der Waals surface area (Å²) in [6, 6.07) is 4.53. The fraction of sp³-hybridized carbons (Fsp3) is 0.375. The van der Waals surface area contributed by atoms with Gasteiger partial charge in [0.2, 0.25) is 5.88 Å². The predicted octanol–water partition coefficient (Wildman–Crippen LogP) is 3.33. The van der Waals surface area contributed by atoms with Crippen LogP contribution in [0.1, 0.15) is 25.0 Å². The lowest BCUT2D eigenvalue weighted by Gasteiger charge is -2.17. The summed E-state index contributed by atoms with van der Waals surface area (Å²) in [5.41, 5.74) is -1.36. The molecule has 0 amide bonds. The molecule has 1 aromatic heterocycles. The normalized spacial score (nSPS) is 12.3. The second-order valence-electron chi connectivity index (χ2n) is 6.04. The first-order chi connectivity index (χ1) is 11.0. The molecule has 0 atom stereocenters. The molecule has 2 aromatic rings. The minimum atomic E-state index is -4.54. The number of aryl methyl sites for hydroxylation is 1. The van der Waals surface area contributed by atoms with Crippen molar-refractivity contribution in [3.8, 4) is 22.9 Å². The quantitative estimate of drug-likeness (QED) is 0.891. The Morgan fingerprint density at radius 2 is 1.79 bits per heavy atom. The minimum Gasteiger partial charge on any atom is -0.507 e. The molecule has 2 N–H and O–H groups in total. The van der Waals surface area contributed by atoms with E-state index in [4.69, 9.17) is 4.74 Å². The van der Waals surface area contributed by atoms with Gasteiger partial charge in [-0.05, 0) is 44.5 Å². The zero-order valence-electron chi connectivity index (χ0n) is 13.3. The van der Waals surface area contributed by atoms with Crippen molar-refractivity contribution < 1.29 is 28.1 Å². The van der Waals surface area contributed by atoms with E-state index in [1.807, 2.05) is 0 Å². The van der Waals surface area contributed by atoms with Crippen LogP contribution in [0, 0.1) is 6.92 Å². The van der Waals surface area contributed by atoms with Crippen LogP contribution in [0.15, 0.2) is 24.3 Å². The number of ether oxygens (including phenoxy) is 1. The number of aliphatic hydroxyl groups is 1. The van der Waals surface area contributed by atoms with Crippen LogP contribution in [-0.2, 0) is 6.18 Å². The molecule has 2 rings (SSSR count). The first-order valence-corrected chi connectivity index (χ1v) is 7.07. The molecule has 0 aliphatic carbocycles. The Labute approximate surface area is 136 Å². The average Bonchev–Trinajstić information content (AvgIpc) is 2.44. The SMILES string of the molecule is Cc1cc(C(F)(F)F)cc(O)c1-c1ccc(OCC(C)(C)O)nn1. The molecule has 0 radical (unpaired) electrons. The lowest BCUT2D eigenvalue weighted by molar-refractivity contribution is -0.137. The number of benzene rings is 1. The van der Waals surface area contributed by atoms with E-state index in [0.717, 1.165) is 6.07 Å². The molecule has 0 saturated heterocycles. The summed E-state index contributed by atoms with van der Waals surface area (Å²) in [7, 11) is 0. The van der Waals surface area contributed by atoms with Gasteiger partial charge in [-0.2, -0.15) is 13.2 Å². The summed E-state index contributed by atoms with van der Waals surface area (Å²) >= 11 is 0. The van der Waals surface area contributed by atoms with Crippen molar-refractivity contribution in [1.29, 1.82) is 0 Å². The van der Waals surface area contributed by atoms with E-state index in [2.05, 4.69) is 10.2 Å². The van der Waals surface area contributed by atoms with Crippen LogP contribution in [0.4, 0.5) is 13.2 Å². The van der Waals surface area contributed by atoms with Gasteiger partial charge in [0, 0.05) is 11.6 Å². The maximum absolute atomic E-state index is 12.7. The number of aromatic nitrogens is 2. The van der Waals surface area contributed by atoms with E-state index in [1.54, 1.807) is 13.8 Å². The number of nitrogens with zero attached hydrogens (tertiary/aromatic N) is 2. The third-order valence-corrected chi connectivity index (χ3v) is 3.11. The third kappa shape index (κ3) is 4.35. The summed E-state index contributed by atoms with van der Waals surface area (Å²) in [6.45, 7) is 4.59. The fourth-order valence-corrected chi connectivity index (χ4v) is 2.05. The molecule has 8 heteroatoms. The van der Waals surface area contributed by atoms with Gasteiger partial charge in [-0.3, -0.25) is 0 Å². The maximum atomic E-state index is 12.7.